The van der Waals surface area contributed by atoms with E-state index in [1.165, 1.54) is 22.9 Å². The predicted octanol–water partition coefficient (Wildman–Crippen LogP) is 7.06. The minimum atomic E-state index is -4.75. The number of aromatic nitrogens is 2. The van der Waals surface area contributed by atoms with Gasteiger partial charge in [0.1, 0.15) is 24.3 Å². The van der Waals surface area contributed by atoms with Crippen LogP contribution in [0.3, 0.4) is 0 Å². The predicted molar refractivity (Wildman–Crippen MR) is 167 cm³/mol. The Morgan fingerprint density at radius 3 is 2.38 bits per heavy atom. The lowest BCUT2D eigenvalue weighted by Gasteiger charge is -2.36. The van der Waals surface area contributed by atoms with Gasteiger partial charge in [0.15, 0.2) is 6.29 Å². The van der Waals surface area contributed by atoms with E-state index in [-0.39, 0.29) is 48.8 Å². The maximum Gasteiger partial charge on any atom is 0.573 e. The third kappa shape index (κ3) is 10.4. The fraction of sp³-hybridized carbons (Fsp3) is 0.531. The topological polar surface area (TPSA) is 121 Å². The highest BCUT2D eigenvalue weighted by molar-refractivity contribution is 6.28. The number of alkyl halides is 3. The van der Waals surface area contributed by atoms with Crippen molar-refractivity contribution >= 4 is 23.1 Å². The molecular weight excluding hydrogens is 645 g/mol. The standard InChI is InChI=1S/C32H38ClF3N4O7/c33-31-37-29(40(42)43)20-39(31)17-14-25(41)21-45-26-10-6-24(7-11-26)38-15-12-22(13-16-38)19-28(46-30-3-1-2-18-44-30)23-4-8-27(9-5-23)47-32(34,35)36/h4-11,20,22,25,28,30,41H,1-3,12-19,21H2. The van der Waals surface area contributed by atoms with Gasteiger partial charge in [0.2, 0.25) is 0 Å². The normalized spacial score (nSPS) is 18.9. The van der Waals surface area contributed by atoms with E-state index < -0.39 is 17.4 Å². The number of aliphatic hydroxyl groups excluding tert-OH is 1. The highest BCUT2D eigenvalue weighted by Gasteiger charge is 2.32. The molecule has 47 heavy (non-hydrogen) atoms. The van der Waals surface area contributed by atoms with Crippen LogP contribution in [0.2, 0.25) is 5.28 Å². The van der Waals surface area contributed by atoms with Gasteiger partial charge in [-0.3, -0.25) is 4.57 Å². The molecule has 256 valence electrons. The van der Waals surface area contributed by atoms with E-state index >= 15 is 0 Å². The van der Waals surface area contributed by atoms with E-state index in [1.807, 2.05) is 24.3 Å². The molecule has 3 heterocycles. The number of halogens is 4. The van der Waals surface area contributed by atoms with Gasteiger partial charge < -0.3 is 39.1 Å². The zero-order valence-electron chi connectivity index (χ0n) is 25.7. The van der Waals surface area contributed by atoms with E-state index in [4.69, 9.17) is 25.8 Å². The summed E-state index contributed by atoms with van der Waals surface area (Å²) in [7, 11) is 0. The lowest BCUT2D eigenvalue weighted by Crippen LogP contribution is -2.34. The van der Waals surface area contributed by atoms with Crippen LogP contribution in [0.1, 0.15) is 56.6 Å². The van der Waals surface area contributed by atoms with E-state index in [2.05, 4.69) is 14.6 Å². The molecule has 5 rings (SSSR count). The van der Waals surface area contributed by atoms with Crippen LogP contribution in [0.4, 0.5) is 24.7 Å². The van der Waals surface area contributed by atoms with Gasteiger partial charge in [0.25, 0.3) is 0 Å². The van der Waals surface area contributed by atoms with Gasteiger partial charge in [-0.2, -0.15) is 0 Å². The van der Waals surface area contributed by atoms with Crippen molar-refractivity contribution in [1.29, 1.82) is 0 Å². The van der Waals surface area contributed by atoms with E-state index in [0.29, 0.717) is 18.3 Å². The Hall–Kier alpha value is -3.59. The van der Waals surface area contributed by atoms with Crippen molar-refractivity contribution in [1.82, 2.24) is 9.55 Å². The van der Waals surface area contributed by atoms with Gasteiger partial charge in [-0.25, -0.2) is 0 Å². The summed E-state index contributed by atoms with van der Waals surface area (Å²) >= 11 is 5.92. The molecule has 11 nitrogen and oxygen atoms in total. The monoisotopic (exact) mass is 682 g/mol. The molecule has 15 heteroatoms. The molecule has 3 aromatic rings. The van der Waals surface area contributed by atoms with Crippen LogP contribution in [-0.4, -0.2) is 64.6 Å². The van der Waals surface area contributed by atoms with Gasteiger partial charge in [-0.15, -0.1) is 13.2 Å². The van der Waals surface area contributed by atoms with Crippen LogP contribution in [0.5, 0.6) is 11.5 Å². The molecule has 0 spiro atoms. The Labute approximate surface area is 275 Å². The quantitative estimate of drug-likeness (QED) is 0.141. The van der Waals surface area contributed by atoms with Crippen molar-refractivity contribution in [3.05, 3.63) is 75.7 Å². The maximum atomic E-state index is 12.7. The van der Waals surface area contributed by atoms with Crippen LogP contribution in [0, 0.1) is 16.0 Å². The van der Waals surface area contributed by atoms with Crippen molar-refractivity contribution < 1.29 is 42.1 Å². The number of nitro groups is 1. The first-order valence-electron chi connectivity index (χ1n) is 15.7. The average molecular weight is 683 g/mol. The van der Waals surface area contributed by atoms with Crippen LogP contribution < -0.4 is 14.4 Å². The minimum absolute atomic E-state index is 0.0141. The van der Waals surface area contributed by atoms with Gasteiger partial charge in [-0.05, 0) is 114 Å². The molecule has 3 atom stereocenters. The summed E-state index contributed by atoms with van der Waals surface area (Å²) < 4.78 is 61.4. The molecule has 0 bridgehead atoms. The molecule has 1 aromatic heterocycles. The highest BCUT2D eigenvalue weighted by atomic mass is 35.5. The molecule has 2 aliphatic heterocycles. The zero-order valence-corrected chi connectivity index (χ0v) is 26.4. The molecular formula is C32H38ClF3N4O7. The van der Waals surface area contributed by atoms with Crippen LogP contribution in [0.15, 0.2) is 54.7 Å². The summed E-state index contributed by atoms with van der Waals surface area (Å²) in [5.41, 5.74) is 1.85. The van der Waals surface area contributed by atoms with Gasteiger partial charge in [0, 0.05) is 31.9 Å². The van der Waals surface area contributed by atoms with Gasteiger partial charge in [-0.1, -0.05) is 12.1 Å². The van der Waals surface area contributed by atoms with Crippen molar-refractivity contribution in [2.24, 2.45) is 5.92 Å². The van der Waals surface area contributed by atoms with E-state index in [0.717, 1.165) is 62.9 Å². The first-order valence-corrected chi connectivity index (χ1v) is 16.1. The lowest BCUT2D eigenvalue weighted by atomic mass is 9.88. The SMILES string of the molecule is O=[N+]([O-])c1cn(CCC(O)COc2ccc(N3CCC(CC(OC4CCCCO4)c4ccc(OC(F)(F)F)cc4)CC3)cc2)c(Cl)n1. The molecule has 0 aliphatic carbocycles. The zero-order chi connectivity index (χ0) is 33.4. The second-order valence-electron chi connectivity index (χ2n) is 11.8. The fourth-order valence-corrected chi connectivity index (χ4v) is 6.05. The third-order valence-corrected chi connectivity index (χ3v) is 8.65. The summed E-state index contributed by atoms with van der Waals surface area (Å²) in [5, 5.41) is 21.2. The number of benzene rings is 2. The van der Waals surface area contributed by atoms with E-state index in [9.17, 15) is 28.4 Å². The number of piperidine rings is 1. The molecule has 0 amide bonds. The number of nitrogens with zero attached hydrogens (tertiary/aromatic N) is 4. The average Bonchev–Trinajstić information content (AvgIpc) is 3.44. The van der Waals surface area contributed by atoms with Crippen molar-refractivity contribution in [2.45, 2.75) is 76.4 Å². The van der Waals surface area contributed by atoms with Crippen LogP contribution in [-0.2, 0) is 16.0 Å². The number of ether oxygens (including phenoxy) is 4. The van der Waals surface area contributed by atoms with Gasteiger partial charge in [0.05, 0.1) is 12.2 Å². The molecule has 2 aromatic carbocycles. The van der Waals surface area contributed by atoms with Crippen LogP contribution >= 0.6 is 11.6 Å². The maximum absolute atomic E-state index is 12.7. The molecule has 2 aliphatic rings. The van der Waals surface area contributed by atoms with Crippen molar-refractivity contribution in [3.8, 4) is 11.5 Å². The number of aliphatic hydroxyl groups is 1. The number of aryl methyl sites for hydroxylation is 1. The minimum Gasteiger partial charge on any atom is -0.491 e. The Kier molecular flexibility index (Phi) is 11.8. The van der Waals surface area contributed by atoms with E-state index in [1.54, 1.807) is 12.1 Å². The summed E-state index contributed by atoms with van der Waals surface area (Å²) in [4.78, 5) is 16.2. The summed E-state index contributed by atoms with van der Waals surface area (Å²) in [5.74, 6) is 0.356. The smallest absolute Gasteiger partial charge is 0.491 e. The summed E-state index contributed by atoms with van der Waals surface area (Å²) in [6.07, 6.45) is 0.672. The molecule has 1 N–H and O–H groups in total. The highest BCUT2D eigenvalue weighted by Crippen LogP contribution is 2.36. The fourth-order valence-electron chi connectivity index (χ4n) is 5.83. The number of imidazole rings is 1. The molecule has 2 saturated heterocycles. The number of anilines is 1. The Morgan fingerprint density at radius 1 is 1.06 bits per heavy atom. The number of hydrogen-bond acceptors (Lipinski definition) is 9. The second kappa shape index (κ2) is 16.0. The Balaban J connectivity index is 1.09. The van der Waals surface area contributed by atoms with Crippen LogP contribution in [0.25, 0.3) is 0 Å². The Bertz CT molecular complexity index is 1430. The van der Waals surface area contributed by atoms with Crippen molar-refractivity contribution in [2.75, 3.05) is 31.2 Å². The van der Waals surface area contributed by atoms with Gasteiger partial charge >= 0.3 is 17.5 Å². The summed E-state index contributed by atoms with van der Waals surface area (Å²) in [6.45, 7) is 2.61. The Morgan fingerprint density at radius 2 is 1.77 bits per heavy atom. The molecule has 0 saturated carbocycles. The first-order chi connectivity index (χ1) is 22.5. The molecule has 0 radical (unpaired) electrons. The largest absolute Gasteiger partial charge is 0.573 e. The third-order valence-electron chi connectivity index (χ3n) is 8.35. The summed E-state index contributed by atoms with van der Waals surface area (Å²) in [6, 6.07) is 13.6. The lowest BCUT2D eigenvalue weighted by molar-refractivity contribution is -0.389. The molecule has 2 fully saturated rings. The first kappa shape index (κ1) is 34.7. The molecule has 3 unspecified atom stereocenters. The van der Waals surface area contributed by atoms with Crippen molar-refractivity contribution in [3.63, 3.8) is 0 Å². The number of rotatable bonds is 14. The second-order valence-corrected chi connectivity index (χ2v) is 12.1. The number of hydrogen-bond donors (Lipinski definition) is 1.